The van der Waals surface area contributed by atoms with Crippen LogP contribution in [0.15, 0.2) is 29.1 Å². The molecule has 1 aromatic heterocycles. The molecule has 0 bridgehead atoms. The largest absolute Gasteiger partial charge is 0.466 e. The Hall–Kier alpha value is -2.08. The van der Waals surface area contributed by atoms with Crippen LogP contribution in [0.3, 0.4) is 0 Å². The van der Waals surface area contributed by atoms with Gasteiger partial charge in [0.25, 0.3) is 0 Å². The maximum atomic E-state index is 12.3. The highest BCUT2D eigenvalue weighted by Crippen LogP contribution is 2.24. The molecule has 130 valence electrons. The highest BCUT2D eigenvalue weighted by atomic mass is 16.5. The SMILES string of the molecule is CCOC(=O)CCCN1CCC(n2c(=O)[nH]c3ccccc32)CC1. The van der Waals surface area contributed by atoms with Crippen LogP contribution in [0.1, 0.15) is 38.6 Å². The van der Waals surface area contributed by atoms with E-state index in [4.69, 9.17) is 4.74 Å². The van der Waals surface area contributed by atoms with Gasteiger partial charge in [-0.15, -0.1) is 0 Å². The van der Waals surface area contributed by atoms with Crippen molar-refractivity contribution in [2.45, 2.75) is 38.6 Å². The van der Waals surface area contributed by atoms with Crippen molar-refractivity contribution in [2.75, 3.05) is 26.2 Å². The Morgan fingerprint density at radius 1 is 1.29 bits per heavy atom. The van der Waals surface area contributed by atoms with E-state index in [0.29, 0.717) is 13.0 Å². The van der Waals surface area contributed by atoms with Crippen molar-refractivity contribution in [3.63, 3.8) is 0 Å². The zero-order chi connectivity index (χ0) is 16.9. The molecule has 1 aliphatic rings. The summed E-state index contributed by atoms with van der Waals surface area (Å²) in [6.07, 6.45) is 3.23. The lowest BCUT2D eigenvalue weighted by atomic mass is 10.0. The number of hydrogen-bond acceptors (Lipinski definition) is 4. The number of imidazole rings is 1. The Bertz CT molecular complexity index is 741. The molecule has 0 saturated carbocycles. The molecule has 2 aromatic rings. The van der Waals surface area contributed by atoms with E-state index in [1.807, 2.05) is 35.8 Å². The Morgan fingerprint density at radius 3 is 2.79 bits per heavy atom. The van der Waals surface area contributed by atoms with Crippen LogP contribution < -0.4 is 5.69 Å². The van der Waals surface area contributed by atoms with Gasteiger partial charge in [0, 0.05) is 25.6 Å². The molecule has 1 aliphatic heterocycles. The predicted octanol–water partition coefficient (Wildman–Crippen LogP) is 2.31. The van der Waals surface area contributed by atoms with Gasteiger partial charge in [-0.2, -0.15) is 0 Å². The van der Waals surface area contributed by atoms with E-state index in [2.05, 4.69) is 9.88 Å². The van der Waals surface area contributed by atoms with Crippen LogP contribution in [0.25, 0.3) is 11.0 Å². The van der Waals surface area contributed by atoms with E-state index in [1.54, 1.807) is 0 Å². The highest BCUT2D eigenvalue weighted by Gasteiger charge is 2.23. The second-order valence-electron chi connectivity index (χ2n) is 6.30. The zero-order valence-electron chi connectivity index (χ0n) is 14.2. The number of para-hydroxylation sites is 2. The van der Waals surface area contributed by atoms with Gasteiger partial charge in [0.05, 0.1) is 17.6 Å². The fraction of sp³-hybridized carbons (Fsp3) is 0.556. The van der Waals surface area contributed by atoms with Gasteiger partial charge in [0.15, 0.2) is 0 Å². The van der Waals surface area contributed by atoms with Gasteiger partial charge in [-0.1, -0.05) is 12.1 Å². The van der Waals surface area contributed by atoms with Crippen molar-refractivity contribution < 1.29 is 9.53 Å². The van der Waals surface area contributed by atoms with Gasteiger partial charge < -0.3 is 14.6 Å². The molecule has 0 unspecified atom stereocenters. The number of carbonyl (C=O) groups excluding carboxylic acids is 1. The number of nitrogens with one attached hydrogen (secondary N) is 1. The summed E-state index contributed by atoms with van der Waals surface area (Å²) in [5.41, 5.74) is 1.87. The fourth-order valence-electron chi connectivity index (χ4n) is 3.52. The van der Waals surface area contributed by atoms with Crippen molar-refractivity contribution in [3.8, 4) is 0 Å². The van der Waals surface area contributed by atoms with Gasteiger partial charge >= 0.3 is 11.7 Å². The number of aromatic amines is 1. The number of H-pyrrole nitrogens is 1. The topological polar surface area (TPSA) is 67.3 Å². The number of hydrogen-bond donors (Lipinski definition) is 1. The minimum atomic E-state index is -0.113. The molecule has 6 heteroatoms. The number of benzene rings is 1. The monoisotopic (exact) mass is 331 g/mol. The van der Waals surface area contributed by atoms with Crippen molar-refractivity contribution in [2.24, 2.45) is 0 Å². The molecule has 0 atom stereocenters. The Labute approximate surface area is 141 Å². The number of ether oxygens (including phenoxy) is 1. The summed E-state index contributed by atoms with van der Waals surface area (Å²) in [7, 11) is 0. The summed E-state index contributed by atoms with van der Waals surface area (Å²) < 4.78 is 6.86. The summed E-state index contributed by atoms with van der Waals surface area (Å²) >= 11 is 0. The van der Waals surface area contributed by atoms with Crippen LogP contribution in [0.2, 0.25) is 0 Å². The molecule has 1 fully saturated rings. The van der Waals surface area contributed by atoms with Crippen molar-refractivity contribution in [1.82, 2.24) is 14.5 Å². The van der Waals surface area contributed by atoms with Crippen molar-refractivity contribution in [3.05, 3.63) is 34.7 Å². The molecular formula is C18H25N3O3. The molecule has 1 saturated heterocycles. The van der Waals surface area contributed by atoms with E-state index < -0.39 is 0 Å². The molecule has 2 heterocycles. The Balaban J connectivity index is 1.54. The quantitative estimate of drug-likeness (QED) is 0.825. The van der Waals surface area contributed by atoms with Crippen LogP contribution in [-0.4, -0.2) is 46.7 Å². The zero-order valence-corrected chi connectivity index (χ0v) is 14.2. The van der Waals surface area contributed by atoms with Gasteiger partial charge in [-0.25, -0.2) is 4.79 Å². The maximum absolute atomic E-state index is 12.3. The third-order valence-electron chi connectivity index (χ3n) is 4.71. The lowest BCUT2D eigenvalue weighted by molar-refractivity contribution is -0.143. The van der Waals surface area contributed by atoms with Crippen LogP contribution in [-0.2, 0) is 9.53 Å². The Morgan fingerprint density at radius 2 is 2.04 bits per heavy atom. The second-order valence-corrected chi connectivity index (χ2v) is 6.30. The number of carbonyl (C=O) groups is 1. The van der Waals surface area contributed by atoms with Gasteiger partial charge in [-0.05, 0) is 44.9 Å². The molecule has 0 spiro atoms. The molecule has 1 aromatic carbocycles. The number of nitrogens with zero attached hydrogens (tertiary/aromatic N) is 2. The molecule has 0 amide bonds. The summed E-state index contributed by atoms with van der Waals surface area (Å²) in [5, 5.41) is 0. The smallest absolute Gasteiger partial charge is 0.326 e. The molecular weight excluding hydrogens is 306 g/mol. The second kappa shape index (κ2) is 7.66. The first-order valence-corrected chi connectivity index (χ1v) is 8.76. The molecule has 3 rings (SSSR count). The number of rotatable bonds is 6. The minimum absolute atomic E-state index is 0.0167. The minimum Gasteiger partial charge on any atom is -0.466 e. The van der Waals surface area contributed by atoms with Crippen molar-refractivity contribution >= 4 is 17.0 Å². The Kier molecular flexibility index (Phi) is 5.35. The highest BCUT2D eigenvalue weighted by molar-refractivity contribution is 5.75. The molecule has 0 aliphatic carbocycles. The van der Waals surface area contributed by atoms with E-state index in [9.17, 15) is 9.59 Å². The summed E-state index contributed by atoms with van der Waals surface area (Å²) in [4.78, 5) is 28.9. The summed E-state index contributed by atoms with van der Waals surface area (Å²) in [6, 6.07) is 8.09. The average molecular weight is 331 g/mol. The van der Waals surface area contributed by atoms with E-state index in [0.717, 1.165) is 49.9 Å². The molecule has 1 N–H and O–H groups in total. The van der Waals surface area contributed by atoms with Crippen LogP contribution >= 0.6 is 0 Å². The fourth-order valence-corrected chi connectivity index (χ4v) is 3.52. The van der Waals surface area contributed by atoms with Crippen molar-refractivity contribution in [1.29, 1.82) is 0 Å². The summed E-state index contributed by atoms with van der Waals surface area (Å²) in [5.74, 6) is -0.113. The number of piperidine rings is 1. The van der Waals surface area contributed by atoms with E-state index in [-0.39, 0.29) is 17.7 Å². The molecule has 6 nitrogen and oxygen atoms in total. The van der Waals surface area contributed by atoms with Crippen LogP contribution in [0, 0.1) is 0 Å². The lowest BCUT2D eigenvalue weighted by Gasteiger charge is -2.32. The van der Waals surface area contributed by atoms with Gasteiger partial charge in [0.1, 0.15) is 0 Å². The van der Waals surface area contributed by atoms with Crippen LogP contribution in [0.4, 0.5) is 0 Å². The number of likely N-dealkylation sites (tertiary alicyclic amines) is 1. The third kappa shape index (κ3) is 3.70. The molecule has 0 radical (unpaired) electrons. The van der Waals surface area contributed by atoms with E-state index in [1.165, 1.54) is 0 Å². The number of aromatic nitrogens is 2. The average Bonchev–Trinajstić information content (AvgIpc) is 2.91. The standard InChI is InChI=1S/C18H25N3O3/c1-2-24-17(22)8-5-11-20-12-9-14(10-13-20)21-16-7-4-3-6-15(16)19-18(21)23/h3-4,6-7,14H,2,5,8-13H2,1H3,(H,19,23). The van der Waals surface area contributed by atoms with E-state index >= 15 is 0 Å². The number of esters is 1. The van der Waals surface area contributed by atoms with Crippen LogP contribution in [0.5, 0.6) is 0 Å². The third-order valence-corrected chi connectivity index (χ3v) is 4.71. The first-order valence-electron chi connectivity index (χ1n) is 8.76. The summed E-state index contributed by atoms with van der Waals surface area (Å²) in [6.45, 7) is 5.10. The lowest BCUT2D eigenvalue weighted by Crippen LogP contribution is -2.37. The van der Waals surface area contributed by atoms with Gasteiger partial charge in [-0.3, -0.25) is 9.36 Å². The first-order chi connectivity index (χ1) is 11.7. The first kappa shape index (κ1) is 16.8. The maximum Gasteiger partial charge on any atom is 0.326 e. The number of fused-ring (bicyclic) bond motifs is 1. The van der Waals surface area contributed by atoms with Gasteiger partial charge in [0.2, 0.25) is 0 Å². The molecule has 24 heavy (non-hydrogen) atoms. The normalized spacial score (nSPS) is 16.5. The predicted molar refractivity (Wildman–Crippen MR) is 93.1 cm³/mol.